The lowest BCUT2D eigenvalue weighted by atomic mass is 10.1. The third-order valence-electron chi connectivity index (χ3n) is 3.41. The number of fused-ring (bicyclic) bond motifs is 1. The Kier molecular flexibility index (Phi) is 4.31. The standard InChI is InChI=1S/C14H16N8O2S/c1-6(2)8-4-7(19-13-17-5-18-22(8)13)11(24)21-12-9(10(15)23)20-14(16-3)25-12/h4-6H,1-3H3,(H2,15,23)(H,16,20)(H,21,24). The highest BCUT2D eigenvalue weighted by Crippen LogP contribution is 2.28. The van der Waals surface area contributed by atoms with Crippen molar-refractivity contribution >= 4 is 39.1 Å². The highest BCUT2D eigenvalue weighted by Gasteiger charge is 2.20. The molecule has 0 aliphatic heterocycles. The van der Waals surface area contributed by atoms with Crippen molar-refractivity contribution in [1.82, 2.24) is 24.6 Å². The minimum absolute atomic E-state index is 0.00432. The van der Waals surface area contributed by atoms with Gasteiger partial charge in [0.25, 0.3) is 17.6 Å². The van der Waals surface area contributed by atoms with Gasteiger partial charge in [0.2, 0.25) is 0 Å². The first-order valence-corrected chi connectivity index (χ1v) is 8.22. The van der Waals surface area contributed by atoms with Gasteiger partial charge in [0.15, 0.2) is 10.8 Å². The number of thiazole rings is 1. The molecule has 0 aliphatic rings. The average Bonchev–Trinajstić information content (AvgIpc) is 3.19. The summed E-state index contributed by atoms with van der Waals surface area (Å²) in [5, 5.41) is 10.3. The zero-order valence-corrected chi connectivity index (χ0v) is 14.6. The van der Waals surface area contributed by atoms with Gasteiger partial charge in [-0.15, -0.1) is 0 Å². The van der Waals surface area contributed by atoms with Gasteiger partial charge in [0.05, 0.1) is 5.69 Å². The zero-order valence-electron chi connectivity index (χ0n) is 13.8. The summed E-state index contributed by atoms with van der Waals surface area (Å²) in [4.78, 5) is 36.4. The van der Waals surface area contributed by atoms with Crippen molar-refractivity contribution in [2.24, 2.45) is 5.73 Å². The maximum Gasteiger partial charge on any atom is 0.275 e. The second-order valence-corrected chi connectivity index (χ2v) is 6.46. The van der Waals surface area contributed by atoms with Gasteiger partial charge in [0, 0.05) is 7.05 Å². The smallest absolute Gasteiger partial charge is 0.275 e. The molecule has 11 heteroatoms. The third kappa shape index (κ3) is 3.13. The van der Waals surface area contributed by atoms with Gasteiger partial charge < -0.3 is 16.4 Å². The van der Waals surface area contributed by atoms with E-state index in [-0.39, 0.29) is 22.3 Å². The highest BCUT2D eigenvalue weighted by molar-refractivity contribution is 7.20. The van der Waals surface area contributed by atoms with E-state index < -0.39 is 11.8 Å². The first-order chi connectivity index (χ1) is 11.9. The molecule has 0 saturated carbocycles. The Labute approximate surface area is 146 Å². The minimum Gasteiger partial charge on any atom is -0.365 e. The lowest BCUT2D eigenvalue weighted by molar-refractivity contribution is 0.0997. The van der Waals surface area contributed by atoms with Crippen molar-refractivity contribution in [3.63, 3.8) is 0 Å². The number of nitrogens with one attached hydrogen (secondary N) is 2. The Hall–Kier alpha value is -3.08. The van der Waals surface area contributed by atoms with Crippen LogP contribution in [0.4, 0.5) is 10.1 Å². The van der Waals surface area contributed by atoms with E-state index in [9.17, 15) is 9.59 Å². The molecular weight excluding hydrogens is 344 g/mol. The molecule has 10 nitrogen and oxygen atoms in total. The SMILES string of the molecule is CNc1nc(C(N)=O)c(NC(=O)c2cc(C(C)C)n3ncnc3n2)s1. The van der Waals surface area contributed by atoms with Gasteiger partial charge in [0.1, 0.15) is 17.0 Å². The summed E-state index contributed by atoms with van der Waals surface area (Å²) >= 11 is 1.11. The fraction of sp³-hybridized carbons (Fsp3) is 0.286. The molecule has 3 rings (SSSR count). The van der Waals surface area contributed by atoms with Crippen LogP contribution in [-0.2, 0) is 0 Å². The molecule has 0 radical (unpaired) electrons. The van der Waals surface area contributed by atoms with E-state index in [2.05, 4.69) is 30.7 Å². The summed E-state index contributed by atoms with van der Waals surface area (Å²) < 4.78 is 1.59. The molecule has 3 aromatic heterocycles. The summed E-state index contributed by atoms with van der Waals surface area (Å²) in [6.45, 7) is 3.96. The van der Waals surface area contributed by atoms with Gasteiger partial charge in [-0.3, -0.25) is 9.59 Å². The number of hydrogen-bond donors (Lipinski definition) is 3. The molecule has 3 heterocycles. The van der Waals surface area contributed by atoms with Crippen LogP contribution < -0.4 is 16.4 Å². The van der Waals surface area contributed by atoms with Gasteiger partial charge in [-0.05, 0) is 12.0 Å². The number of nitrogens with two attached hydrogens (primary N) is 1. The fourth-order valence-electron chi connectivity index (χ4n) is 2.21. The van der Waals surface area contributed by atoms with E-state index in [4.69, 9.17) is 5.73 Å². The number of amides is 2. The second kappa shape index (κ2) is 6.43. The molecule has 0 aliphatic carbocycles. The van der Waals surface area contributed by atoms with Crippen LogP contribution in [0, 0.1) is 0 Å². The van der Waals surface area contributed by atoms with Crippen LogP contribution in [0.3, 0.4) is 0 Å². The average molecular weight is 360 g/mol. The van der Waals surface area contributed by atoms with Crippen molar-refractivity contribution in [3.05, 3.63) is 29.5 Å². The van der Waals surface area contributed by atoms with E-state index in [0.717, 1.165) is 17.0 Å². The topological polar surface area (TPSA) is 140 Å². The summed E-state index contributed by atoms with van der Waals surface area (Å²) in [6, 6.07) is 1.64. The zero-order chi connectivity index (χ0) is 18.1. The molecule has 25 heavy (non-hydrogen) atoms. The highest BCUT2D eigenvalue weighted by atomic mass is 32.1. The Balaban J connectivity index is 1.98. The van der Waals surface area contributed by atoms with E-state index in [0.29, 0.717) is 10.9 Å². The maximum atomic E-state index is 12.6. The van der Waals surface area contributed by atoms with E-state index in [1.165, 1.54) is 6.33 Å². The van der Waals surface area contributed by atoms with Gasteiger partial charge in [-0.25, -0.2) is 14.5 Å². The largest absolute Gasteiger partial charge is 0.365 e. The molecule has 3 aromatic rings. The van der Waals surface area contributed by atoms with Crippen LogP contribution in [-0.4, -0.2) is 43.4 Å². The number of nitrogens with zero attached hydrogens (tertiary/aromatic N) is 5. The Morgan fingerprint density at radius 1 is 1.32 bits per heavy atom. The molecule has 0 bridgehead atoms. The predicted molar refractivity (Wildman–Crippen MR) is 93.0 cm³/mol. The molecule has 0 saturated heterocycles. The molecule has 0 unspecified atom stereocenters. The van der Waals surface area contributed by atoms with Crippen LogP contribution in [0.1, 0.15) is 46.4 Å². The predicted octanol–water partition coefficient (Wildman–Crippen LogP) is 1.10. The fourth-order valence-corrected chi connectivity index (χ4v) is 3.03. The van der Waals surface area contributed by atoms with Crippen molar-refractivity contribution in [1.29, 1.82) is 0 Å². The molecular formula is C14H16N8O2S. The van der Waals surface area contributed by atoms with E-state index in [1.54, 1.807) is 17.6 Å². The van der Waals surface area contributed by atoms with Gasteiger partial charge in [-0.2, -0.15) is 10.1 Å². The molecule has 0 spiro atoms. The van der Waals surface area contributed by atoms with Gasteiger partial charge in [-0.1, -0.05) is 25.2 Å². The summed E-state index contributed by atoms with van der Waals surface area (Å²) in [7, 11) is 1.66. The lowest BCUT2D eigenvalue weighted by Gasteiger charge is -2.09. The van der Waals surface area contributed by atoms with Crippen LogP contribution in [0.2, 0.25) is 0 Å². The normalized spacial score (nSPS) is 11.0. The monoisotopic (exact) mass is 360 g/mol. The third-order valence-corrected chi connectivity index (χ3v) is 4.39. The lowest BCUT2D eigenvalue weighted by Crippen LogP contribution is -2.19. The number of anilines is 2. The number of carbonyl (C=O) groups is 2. The Morgan fingerprint density at radius 3 is 2.72 bits per heavy atom. The molecule has 4 N–H and O–H groups in total. The summed E-state index contributed by atoms with van der Waals surface area (Å²) in [5.74, 6) is -0.774. The molecule has 0 aromatic carbocycles. The van der Waals surface area contributed by atoms with Crippen LogP contribution in [0.25, 0.3) is 5.78 Å². The number of primary amides is 1. The van der Waals surface area contributed by atoms with E-state index >= 15 is 0 Å². The first-order valence-electron chi connectivity index (χ1n) is 7.41. The minimum atomic E-state index is -0.725. The molecule has 130 valence electrons. The Bertz CT molecular complexity index is 961. The molecule has 0 atom stereocenters. The molecule has 0 fully saturated rings. The number of carbonyl (C=O) groups excluding carboxylic acids is 2. The molecule has 2 amide bonds. The van der Waals surface area contributed by atoms with Gasteiger partial charge >= 0.3 is 0 Å². The number of rotatable bonds is 5. The first kappa shape index (κ1) is 16.8. The summed E-state index contributed by atoms with van der Waals surface area (Å²) in [6.07, 6.45) is 1.38. The maximum absolute atomic E-state index is 12.6. The van der Waals surface area contributed by atoms with Crippen molar-refractivity contribution < 1.29 is 9.59 Å². The number of aromatic nitrogens is 5. The van der Waals surface area contributed by atoms with E-state index in [1.807, 2.05) is 13.8 Å². The van der Waals surface area contributed by atoms with Crippen LogP contribution in [0.5, 0.6) is 0 Å². The van der Waals surface area contributed by atoms with Crippen LogP contribution >= 0.6 is 11.3 Å². The number of hydrogen-bond acceptors (Lipinski definition) is 8. The quantitative estimate of drug-likeness (QED) is 0.618. The Morgan fingerprint density at radius 2 is 2.08 bits per heavy atom. The van der Waals surface area contributed by atoms with Crippen molar-refractivity contribution in [2.75, 3.05) is 17.7 Å². The van der Waals surface area contributed by atoms with Crippen molar-refractivity contribution in [3.8, 4) is 0 Å². The summed E-state index contributed by atoms with van der Waals surface area (Å²) in [5.41, 5.74) is 6.27. The van der Waals surface area contributed by atoms with Crippen molar-refractivity contribution in [2.45, 2.75) is 19.8 Å². The second-order valence-electron chi connectivity index (χ2n) is 5.46. The van der Waals surface area contributed by atoms with Crippen LogP contribution in [0.15, 0.2) is 12.4 Å².